The van der Waals surface area contributed by atoms with Gasteiger partial charge in [0.25, 0.3) is 8.32 Å². The minimum absolute atomic E-state index is 0.149. The molecule has 0 radical (unpaired) electrons. The summed E-state index contributed by atoms with van der Waals surface area (Å²) in [6.45, 7) is 8.06. The van der Waals surface area contributed by atoms with Crippen LogP contribution in [0.2, 0.25) is 5.04 Å². The lowest BCUT2D eigenvalue weighted by molar-refractivity contribution is -0.181. The highest BCUT2D eigenvalue weighted by atomic mass is 28.4. The highest BCUT2D eigenvalue weighted by molar-refractivity contribution is 6.99. The van der Waals surface area contributed by atoms with Crippen molar-refractivity contribution in [3.8, 4) is 0 Å². The minimum atomic E-state index is -2.70. The summed E-state index contributed by atoms with van der Waals surface area (Å²) in [6, 6.07) is 20.5. The average molecular weight is 417 g/mol. The minimum Gasteiger partial charge on any atom is -0.433 e. The van der Waals surface area contributed by atoms with Gasteiger partial charge in [0.1, 0.15) is 0 Å². The third-order valence-corrected chi connectivity index (χ3v) is 10.3. The first kappa shape index (κ1) is 21.7. The van der Waals surface area contributed by atoms with E-state index in [2.05, 4.69) is 45.0 Å². The number of ether oxygens (including phenoxy) is 2. The van der Waals surface area contributed by atoms with E-state index in [1.165, 1.54) is 6.92 Å². The smallest absolute Gasteiger partial charge is 0.305 e. The van der Waals surface area contributed by atoms with Gasteiger partial charge in [-0.2, -0.15) is 0 Å². The van der Waals surface area contributed by atoms with E-state index in [1.807, 2.05) is 36.4 Å². The SMILES string of the molecule is CC(=O)O[C@@H]1O[C@H](CO[Si](c2ccccc2)(c2ccccc2)C(C)(C)C)CC1F. The fourth-order valence-electron chi connectivity index (χ4n) is 4.04. The number of halogens is 1. The maximum atomic E-state index is 14.3. The third kappa shape index (κ3) is 4.60. The molecule has 2 aromatic carbocycles. The van der Waals surface area contributed by atoms with E-state index in [0.717, 1.165) is 10.4 Å². The summed E-state index contributed by atoms with van der Waals surface area (Å²) in [5, 5.41) is 2.15. The van der Waals surface area contributed by atoms with Crippen molar-refractivity contribution in [2.45, 2.75) is 57.7 Å². The number of esters is 1. The van der Waals surface area contributed by atoms with Crippen LogP contribution < -0.4 is 10.4 Å². The zero-order chi connectivity index (χ0) is 21.1. The van der Waals surface area contributed by atoms with Gasteiger partial charge in [-0.1, -0.05) is 81.4 Å². The average Bonchev–Trinajstić information content (AvgIpc) is 3.01. The fraction of sp³-hybridized carbons (Fsp3) is 0.435. The van der Waals surface area contributed by atoms with Crippen LogP contribution in [0.4, 0.5) is 4.39 Å². The topological polar surface area (TPSA) is 44.8 Å². The van der Waals surface area contributed by atoms with Gasteiger partial charge >= 0.3 is 5.97 Å². The number of benzene rings is 2. The normalized spacial score (nSPS) is 22.4. The summed E-state index contributed by atoms with van der Waals surface area (Å²) in [4.78, 5) is 11.2. The van der Waals surface area contributed by atoms with Crippen LogP contribution in [0.15, 0.2) is 60.7 Å². The monoisotopic (exact) mass is 416 g/mol. The largest absolute Gasteiger partial charge is 0.433 e. The van der Waals surface area contributed by atoms with Crippen molar-refractivity contribution in [1.82, 2.24) is 0 Å². The molecule has 156 valence electrons. The molecule has 1 saturated heterocycles. The van der Waals surface area contributed by atoms with E-state index in [-0.39, 0.29) is 18.1 Å². The van der Waals surface area contributed by atoms with Crippen LogP contribution in [0, 0.1) is 0 Å². The lowest BCUT2D eigenvalue weighted by atomic mass is 10.2. The predicted molar refractivity (Wildman–Crippen MR) is 114 cm³/mol. The Labute approximate surface area is 173 Å². The molecular weight excluding hydrogens is 387 g/mol. The summed E-state index contributed by atoms with van der Waals surface area (Å²) >= 11 is 0. The molecule has 1 unspecified atom stereocenters. The Balaban J connectivity index is 1.92. The molecule has 2 aromatic rings. The lowest BCUT2D eigenvalue weighted by Gasteiger charge is -2.43. The Morgan fingerprint density at radius 3 is 2.03 bits per heavy atom. The van der Waals surface area contributed by atoms with Crippen LogP contribution in [0.1, 0.15) is 34.1 Å². The molecule has 1 fully saturated rings. The van der Waals surface area contributed by atoms with E-state index in [0.29, 0.717) is 0 Å². The first-order valence-electron chi connectivity index (χ1n) is 9.96. The van der Waals surface area contributed by atoms with Gasteiger partial charge in [0, 0.05) is 13.3 Å². The molecule has 0 amide bonds. The highest BCUT2D eigenvalue weighted by Crippen LogP contribution is 2.37. The summed E-state index contributed by atoms with van der Waals surface area (Å²) in [6.07, 6.45) is -2.81. The van der Waals surface area contributed by atoms with E-state index in [1.54, 1.807) is 0 Å². The van der Waals surface area contributed by atoms with Crippen molar-refractivity contribution in [3.05, 3.63) is 60.7 Å². The third-order valence-electron chi connectivity index (χ3n) is 5.29. The van der Waals surface area contributed by atoms with Crippen molar-refractivity contribution in [1.29, 1.82) is 0 Å². The predicted octanol–water partition coefficient (Wildman–Crippen LogP) is 3.58. The molecule has 0 bridgehead atoms. The van der Waals surface area contributed by atoms with Crippen molar-refractivity contribution in [2.24, 2.45) is 0 Å². The van der Waals surface area contributed by atoms with Crippen LogP contribution in [-0.2, 0) is 18.7 Å². The van der Waals surface area contributed by atoms with Gasteiger partial charge in [-0.15, -0.1) is 0 Å². The molecule has 1 aliphatic heterocycles. The first-order chi connectivity index (χ1) is 13.7. The molecule has 1 heterocycles. The Hall–Kier alpha value is -2.02. The summed E-state index contributed by atoms with van der Waals surface area (Å²) < 4.78 is 31.6. The second-order valence-electron chi connectivity index (χ2n) is 8.46. The Kier molecular flexibility index (Phi) is 6.56. The zero-order valence-corrected chi connectivity index (χ0v) is 18.4. The van der Waals surface area contributed by atoms with E-state index in [9.17, 15) is 9.18 Å². The molecule has 29 heavy (non-hydrogen) atoms. The van der Waals surface area contributed by atoms with E-state index in [4.69, 9.17) is 13.9 Å². The molecular formula is C23H29FO4Si. The second-order valence-corrected chi connectivity index (χ2v) is 12.8. The zero-order valence-electron chi connectivity index (χ0n) is 17.4. The van der Waals surface area contributed by atoms with Crippen molar-refractivity contribution in [2.75, 3.05) is 6.61 Å². The van der Waals surface area contributed by atoms with Gasteiger partial charge in [-0.25, -0.2) is 4.39 Å². The summed E-state index contributed by atoms with van der Waals surface area (Å²) in [7, 11) is -2.70. The lowest BCUT2D eigenvalue weighted by Crippen LogP contribution is -2.67. The van der Waals surface area contributed by atoms with Gasteiger partial charge in [0.15, 0.2) is 6.17 Å². The molecule has 0 spiro atoms. The van der Waals surface area contributed by atoms with Gasteiger partial charge in [-0.05, 0) is 15.4 Å². The number of hydrogen-bond donors (Lipinski definition) is 0. The molecule has 0 saturated carbocycles. The maximum absolute atomic E-state index is 14.3. The number of rotatable bonds is 6. The Morgan fingerprint density at radius 1 is 1.07 bits per heavy atom. The first-order valence-corrected chi connectivity index (χ1v) is 11.9. The quantitative estimate of drug-likeness (QED) is 0.533. The summed E-state index contributed by atoms with van der Waals surface area (Å²) in [5.41, 5.74) is 0. The van der Waals surface area contributed by atoms with Crippen molar-refractivity contribution >= 4 is 24.7 Å². The van der Waals surface area contributed by atoms with Gasteiger partial charge < -0.3 is 13.9 Å². The second kappa shape index (κ2) is 8.77. The maximum Gasteiger partial charge on any atom is 0.305 e. The Morgan fingerprint density at radius 2 is 1.59 bits per heavy atom. The molecule has 0 aliphatic carbocycles. The molecule has 1 aliphatic rings. The van der Waals surface area contributed by atoms with Gasteiger partial charge in [0.2, 0.25) is 6.29 Å². The van der Waals surface area contributed by atoms with Crippen LogP contribution in [-0.4, -0.2) is 39.5 Å². The number of hydrogen-bond acceptors (Lipinski definition) is 4. The Bertz CT molecular complexity index is 767. The van der Waals surface area contributed by atoms with Crippen LogP contribution in [0.3, 0.4) is 0 Å². The standard InChI is InChI=1S/C23H29FO4Si/c1-17(25)27-22-21(24)15-18(28-22)16-26-29(23(2,3)4,19-11-7-5-8-12-19)20-13-9-6-10-14-20/h5-14,18,21-22H,15-16H2,1-4H3/t18-,21?,22+/m0/s1. The van der Waals surface area contributed by atoms with Gasteiger partial charge in [0.05, 0.1) is 12.7 Å². The molecule has 6 heteroatoms. The number of carbonyl (C=O) groups is 1. The molecule has 3 atom stereocenters. The van der Waals surface area contributed by atoms with E-state index < -0.39 is 32.9 Å². The number of alkyl halides is 1. The molecule has 4 nitrogen and oxygen atoms in total. The van der Waals surface area contributed by atoms with Crippen LogP contribution in [0.5, 0.6) is 0 Å². The van der Waals surface area contributed by atoms with Gasteiger partial charge in [-0.3, -0.25) is 4.79 Å². The molecule has 3 rings (SSSR count). The van der Waals surface area contributed by atoms with Crippen LogP contribution in [0.25, 0.3) is 0 Å². The molecule has 0 aromatic heterocycles. The number of carbonyl (C=O) groups excluding carboxylic acids is 1. The van der Waals surface area contributed by atoms with E-state index >= 15 is 0 Å². The van der Waals surface area contributed by atoms with Crippen molar-refractivity contribution in [3.63, 3.8) is 0 Å². The van der Waals surface area contributed by atoms with Crippen molar-refractivity contribution < 1.29 is 23.1 Å². The molecule has 0 N–H and O–H groups in total. The fourth-order valence-corrected chi connectivity index (χ4v) is 8.64. The summed E-state index contributed by atoms with van der Waals surface area (Å²) in [5.74, 6) is -0.550. The van der Waals surface area contributed by atoms with Crippen LogP contribution >= 0.6 is 0 Å². The highest BCUT2D eigenvalue weighted by Gasteiger charge is 2.51.